The van der Waals surface area contributed by atoms with Crippen LogP contribution in [0.3, 0.4) is 0 Å². The number of aromatic nitrogens is 1. The topological polar surface area (TPSA) is 34.0 Å². The van der Waals surface area contributed by atoms with Gasteiger partial charge < -0.3 is 9.88 Å². The van der Waals surface area contributed by atoms with Crippen molar-refractivity contribution in [2.45, 2.75) is 13.0 Å². The minimum absolute atomic E-state index is 0.000600. The second-order valence-electron chi connectivity index (χ2n) is 5.89. The average Bonchev–Trinajstić information content (AvgIpc) is 2.98. The van der Waals surface area contributed by atoms with Gasteiger partial charge in [-0.3, -0.25) is 4.79 Å². The van der Waals surface area contributed by atoms with Crippen LogP contribution < -0.4 is 5.32 Å². The van der Waals surface area contributed by atoms with Crippen LogP contribution in [0.25, 0.3) is 11.1 Å². The van der Waals surface area contributed by atoms with E-state index in [9.17, 15) is 9.18 Å². The highest BCUT2D eigenvalue weighted by Gasteiger charge is 2.25. The summed E-state index contributed by atoms with van der Waals surface area (Å²) in [5, 5.41) is 2.97. The van der Waals surface area contributed by atoms with E-state index in [1.165, 1.54) is 12.1 Å². The molecule has 1 unspecified atom stereocenters. The second kappa shape index (κ2) is 5.60. The van der Waals surface area contributed by atoms with Crippen molar-refractivity contribution in [3.05, 3.63) is 76.3 Å². The van der Waals surface area contributed by atoms with E-state index in [0.717, 1.165) is 26.9 Å². The molecule has 0 bridgehead atoms. The van der Waals surface area contributed by atoms with E-state index in [2.05, 4.69) is 28.2 Å². The summed E-state index contributed by atoms with van der Waals surface area (Å²) in [7, 11) is 0. The molecule has 1 atom stereocenters. The van der Waals surface area contributed by atoms with Crippen LogP contribution in [0.4, 0.5) is 10.1 Å². The first-order valence-corrected chi connectivity index (χ1v) is 8.41. The third-order valence-corrected chi connectivity index (χ3v) is 4.88. The molecule has 0 saturated carbocycles. The Morgan fingerprint density at radius 3 is 2.58 bits per heavy atom. The fraction of sp³-hybridized carbons (Fsp3) is 0.105. The summed E-state index contributed by atoms with van der Waals surface area (Å²) in [6.07, 6.45) is 1.95. The number of halogens is 2. The van der Waals surface area contributed by atoms with Crippen LogP contribution >= 0.6 is 15.9 Å². The van der Waals surface area contributed by atoms with E-state index < -0.39 is 0 Å². The zero-order valence-corrected chi connectivity index (χ0v) is 14.5. The van der Waals surface area contributed by atoms with Gasteiger partial charge in [-0.2, -0.15) is 0 Å². The van der Waals surface area contributed by atoms with Crippen molar-refractivity contribution in [2.24, 2.45) is 0 Å². The van der Waals surface area contributed by atoms with Gasteiger partial charge in [0.05, 0.1) is 6.04 Å². The Morgan fingerprint density at radius 1 is 1.08 bits per heavy atom. The van der Waals surface area contributed by atoms with Crippen molar-refractivity contribution in [3.63, 3.8) is 0 Å². The maximum atomic E-state index is 13.1. The summed E-state index contributed by atoms with van der Waals surface area (Å²) >= 11 is 3.49. The van der Waals surface area contributed by atoms with E-state index in [1.54, 1.807) is 12.1 Å². The fourth-order valence-electron chi connectivity index (χ4n) is 3.11. The number of nitrogens with zero attached hydrogens (tertiary/aromatic N) is 1. The van der Waals surface area contributed by atoms with Crippen LogP contribution in [0, 0.1) is 5.82 Å². The molecular formula is C19H14BrFN2O. The van der Waals surface area contributed by atoms with Gasteiger partial charge in [0, 0.05) is 21.9 Å². The highest BCUT2D eigenvalue weighted by atomic mass is 79.9. The highest BCUT2D eigenvalue weighted by Crippen LogP contribution is 2.35. The molecule has 1 amide bonds. The minimum atomic E-state index is -0.274. The zero-order chi connectivity index (χ0) is 16.8. The summed E-state index contributed by atoms with van der Waals surface area (Å²) in [5.41, 5.74) is 4.23. The third-order valence-electron chi connectivity index (χ3n) is 4.39. The number of rotatable bonds is 1. The first-order chi connectivity index (χ1) is 11.5. The first-order valence-electron chi connectivity index (χ1n) is 7.61. The summed E-state index contributed by atoms with van der Waals surface area (Å²) < 4.78 is 16.1. The molecule has 0 radical (unpaired) electrons. The third kappa shape index (κ3) is 2.45. The van der Waals surface area contributed by atoms with Gasteiger partial charge in [0.2, 0.25) is 0 Å². The lowest BCUT2D eigenvalue weighted by molar-refractivity contribution is 0.101. The molecule has 4 rings (SSSR count). The Bertz CT molecular complexity index is 947. The van der Waals surface area contributed by atoms with Crippen LogP contribution in [-0.4, -0.2) is 10.5 Å². The Hall–Kier alpha value is -2.40. The second-order valence-corrected chi connectivity index (χ2v) is 6.81. The normalized spacial score (nSPS) is 16.1. The van der Waals surface area contributed by atoms with Gasteiger partial charge in [0.15, 0.2) is 0 Å². The van der Waals surface area contributed by atoms with Gasteiger partial charge in [-0.15, -0.1) is 0 Å². The van der Waals surface area contributed by atoms with Crippen LogP contribution in [-0.2, 0) is 0 Å². The van der Waals surface area contributed by atoms with Crippen molar-refractivity contribution < 1.29 is 9.18 Å². The first kappa shape index (κ1) is 15.1. The quantitative estimate of drug-likeness (QED) is 0.612. The number of nitrogens with one attached hydrogen (secondary N) is 1. The van der Waals surface area contributed by atoms with Crippen LogP contribution in [0.5, 0.6) is 0 Å². The molecule has 2 heterocycles. The monoisotopic (exact) mass is 384 g/mol. The van der Waals surface area contributed by atoms with Gasteiger partial charge in [-0.05, 0) is 54.4 Å². The van der Waals surface area contributed by atoms with E-state index in [4.69, 9.17) is 0 Å². The largest absolute Gasteiger partial charge is 0.336 e. The number of hydrogen-bond acceptors (Lipinski definition) is 1. The van der Waals surface area contributed by atoms with Crippen molar-refractivity contribution in [1.29, 1.82) is 0 Å². The van der Waals surface area contributed by atoms with Gasteiger partial charge in [0.1, 0.15) is 11.5 Å². The summed E-state index contributed by atoms with van der Waals surface area (Å²) in [6.45, 7) is 2.06. The zero-order valence-electron chi connectivity index (χ0n) is 12.9. The predicted octanol–water partition coefficient (Wildman–Crippen LogP) is 5.23. The van der Waals surface area contributed by atoms with Crippen LogP contribution in [0.15, 0.2) is 59.2 Å². The van der Waals surface area contributed by atoms with E-state index in [0.29, 0.717) is 5.69 Å². The Balaban J connectivity index is 1.85. The molecule has 2 aromatic carbocycles. The number of fused-ring (bicyclic) bond motifs is 2. The fourth-order valence-corrected chi connectivity index (χ4v) is 3.49. The summed E-state index contributed by atoms with van der Waals surface area (Å²) in [4.78, 5) is 12.6. The lowest BCUT2D eigenvalue weighted by Gasteiger charge is -2.16. The molecule has 1 aliphatic rings. The molecule has 3 nitrogen and oxygen atoms in total. The van der Waals surface area contributed by atoms with E-state index >= 15 is 0 Å². The van der Waals surface area contributed by atoms with Crippen LogP contribution in [0.2, 0.25) is 0 Å². The SMILES string of the molecule is CC1c2cc(Br)ccc2NC(=O)c2cc(-c3ccc(F)cc3)cn21. The number of anilines is 1. The Morgan fingerprint density at radius 2 is 1.83 bits per heavy atom. The van der Waals surface area contributed by atoms with Crippen molar-refractivity contribution in [2.75, 3.05) is 5.32 Å². The number of carbonyl (C=O) groups is 1. The molecule has 0 saturated heterocycles. The summed E-state index contributed by atoms with van der Waals surface area (Å²) in [6, 6.07) is 14.0. The van der Waals surface area contributed by atoms with E-state index in [-0.39, 0.29) is 17.8 Å². The Kier molecular flexibility index (Phi) is 3.53. The van der Waals surface area contributed by atoms with Gasteiger partial charge in [0.25, 0.3) is 5.91 Å². The smallest absolute Gasteiger partial charge is 0.272 e. The number of carbonyl (C=O) groups excluding carboxylic acids is 1. The van der Waals surface area contributed by atoms with Crippen LogP contribution in [0.1, 0.15) is 29.0 Å². The van der Waals surface area contributed by atoms with Gasteiger partial charge in [-0.1, -0.05) is 28.1 Å². The average molecular weight is 385 g/mol. The van der Waals surface area contributed by atoms with Crippen molar-refractivity contribution >= 4 is 27.5 Å². The molecule has 0 aliphatic carbocycles. The molecule has 5 heteroatoms. The summed E-state index contributed by atoms with van der Waals surface area (Å²) in [5.74, 6) is -0.416. The standard InChI is InChI=1S/C19H14BrFN2O/c1-11-16-9-14(20)4-7-17(16)22-19(24)18-8-13(10-23(11)18)12-2-5-15(21)6-3-12/h2-11H,1H3,(H,22,24). The molecular weight excluding hydrogens is 371 g/mol. The molecule has 120 valence electrons. The number of hydrogen-bond donors (Lipinski definition) is 1. The molecule has 1 aromatic heterocycles. The lowest BCUT2D eigenvalue weighted by atomic mass is 10.1. The van der Waals surface area contributed by atoms with Crippen molar-refractivity contribution in [3.8, 4) is 11.1 Å². The molecule has 1 aliphatic heterocycles. The maximum absolute atomic E-state index is 13.1. The lowest BCUT2D eigenvalue weighted by Crippen LogP contribution is -2.13. The predicted molar refractivity (Wildman–Crippen MR) is 95.7 cm³/mol. The molecule has 24 heavy (non-hydrogen) atoms. The Labute approximate surface area is 147 Å². The molecule has 1 N–H and O–H groups in total. The van der Waals surface area contributed by atoms with E-state index in [1.807, 2.05) is 35.0 Å². The van der Waals surface area contributed by atoms with Gasteiger partial charge in [-0.25, -0.2) is 4.39 Å². The van der Waals surface area contributed by atoms with Gasteiger partial charge >= 0.3 is 0 Å². The van der Waals surface area contributed by atoms with Crippen molar-refractivity contribution in [1.82, 2.24) is 4.57 Å². The highest BCUT2D eigenvalue weighted by molar-refractivity contribution is 9.10. The molecule has 0 spiro atoms. The maximum Gasteiger partial charge on any atom is 0.272 e. The minimum Gasteiger partial charge on any atom is -0.336 e. The molecule has 3 aromatic rings. The molecule has 0 fully saturated rings. The number of benzene rings is 2. The number of amides is 1.